The number of para-hydroxylation sites is 1. The van der Waals surface area contributed by atoms with Crippen LogP contribution in [0.1, 0.15) is 27.2 Å². The van der Waals surface area contributed by atoms with E-state index in [4.69, 9.17) is 16.3 Å². The summed E-state index contributed by atoms with van der Waals surface area (Å²) < 4.78 is 8.08. The highest BCUT2D eigenvalue weighted by molar-refractivity contribution is 6.30. The SMILES string of the molecule is O=C(O)c1cccc(-n2cccc2Cc2ccccc2OCc2ccc(Cl)cc2)c1. The number of hydrogen-bond donors (Lipinski definition) is 1. The molecule has 4 nitrogen and oxygen atoms in total. The van der Waals surface area contributed by atoms with E-state index in [9.17, 15) is 9.90 Å². The maximum atomic E-state index is 11.3. The van der Waals surface area contributed by atoms with Gasteiger partial charge >= 0.3 is 5.97 Å². The monoisotopic (exact) mass is 417 g/mol. The van der Waals surface area contributed by atoms with Crippen LogP contribution in [0.4, 0.5) is 0 Å². The van der Waals surface area contributed by atoms with Gasteiger partial charge < -0.3 is 14.4 Å². The molecule has 0 radical (unpaired) electrons. The molecule has 150 valence electrons. The smallest absolute Gasteiger partial charge is 0.335 e. The quantitative estimate of drug-likeness (QED) is 0.401. The van der Waals surface area contributed by atoms with E-state index in [0.717, 1.165) is 28.3 Å². The van der Waals surface area contributed by atoms with Crippen LogP contribution in [-0.2, 0) is 13.0 Å². The summed E-state index contributed by atoms with van der Waals surface area (Å²) in [4.78, 5) is 11.3. The second kappa shape index (κ2) is 8.89. The minimum atomic E-state index is -0.938. The van der Waals surface area contributed by atoms with E-state index >= 15 is 0 Å². The molecule has 3 aromatic carbocycles. The molecule has 0 amide bonds. The minimum Gasteiger partial charge on any atom is -0.489 e. The van der Waals surface area contributed by atoms with Crippen molar-refractivity contribution in [3.63, 3.8) is 0 Å². The fourth-order valence-electron chi connectivity index (χ4n) is 3.33. The Bertz CT molecular complexity index is 1160. The largest absolute Gasteiger partial charge is 0.489 e. The van der Waals surface area contributed by atoms with Gasteiger partial charge in [0.25, 0.3) is 0 Å². The number of aromatic nitrogens is 1. The molecular formula is C25H20ClNO3. The first-order valence-electron chi connectivity index (χ1n) is 9.55. The molecule has 5 heteroatoms. The Labute approximate surface area is 179 Å². The van der Waals surface area contributed by atoms with Crippen molar-refractivity contribution in [2.75, 3.05) is 0 Å². The predicted octanol–water partition coefficient (Wildman–Crippen LogP) is 6.00. The number of ether oxygens (including phenoxy) is 1. The first-order chi connectivity index (χ1) is 14.6. The number of carboxylic acid groups (broad SMARTS) is 1. The Hall–Kier alpha value is -3.50. The highest BCUT2D eigenvalue weighted by atomic mass is 35.5. The number of rotatable bonds is 7. The number of halogens is 1. The first kappa shape index (κ1) is 19.8. The van der Waals surface area contributed by atoms with Gasteiger partial charge in [0.2, 0.25) is 0 Å². The van der Waals surface area contributed by atoms with Crippen molar-refractivity contribution in [1.82, 2.24) is 4.57 Å². The van der Waals surface area contributed by atoms with E-state index in [1.807, 2.05) is 77.5 Å². The second-order valence-corrected chi connectivity index (χ2v) is 7.36. The predicted molar refractivity (Wildman–Crippen MR) is 118 cm³/mol. The van der Waals surface area contributed by atoms with E-state index < -0.39 is 5.97 Å². The van der Waals surface area contributed by atoms with Gasteiger partial charge in [0.15, 0.2) is 0 Å². The van der Waals surface area contributed by atoms with Crippen LogP contribution in [0, 0.1) is 0 Å². The van der Waals surface area contributed by atoms with E-state index in [1.54, 1.807) is 18.2 Å². The van der Waals surface area contributed by atoms with E-state index in [2.05, 4.69) is 0 Å². The van der Waals surface area contributed by atoms with Gasteiger partial charge in [-0.2, -0.15) is 0 Å². The van der Waals surface area contributed by atoms with Gasteiger partial charge in [-0.05, 0) is 54.1 Å². The molecule has 0 atom stereocenters. The number of carbonyl (C=O) groups is 1. The van der Waals surface area contributed by atoms with Gasteiger partial charge in [-0.1, -0.05) is 48.0 Å². The van der Waals surface area contributed by atoms with Crippen molar-refractivity contribution in [3.05, 3.63) is 119 Å². The number of carboxylic acids is 1. The zero-order valence-corrected chi connectivity index (χ0v) is 16.9. The summed E-state index contributed by atoms with van der Waals surface area (Å²) in [5.41, 5.74) is 4.22. The second-order valence-electron chi connectivity index (χ2n) is 6.92. The lowest BCUT2D eigenvalue weighted by Crippen LogP contribution is -2.04. The van der Waals surface area contributed by atoms with Crippen LogP contribution in [0.3, 0.4) is 0 Å². The molecule has 0 saturated carbocycles. The Morgan fingerprint density at radius 2 is 1.73 bits per heavy atom. The lowest BCUT2D eigenvalue weighted by molar-refractivity contribution is 0.0697. The molecule has 0 unspecified atom stereocenters. The average molecular weight is 418 g/mol. The first-order valence-corrected chi connectivity index (χ1v) is 9.93. The molecule has 0 aliphatic carbocycles. The van der Waals surface area contributed by atoms with Crippen molar-refractivity contribution in [1.29, 1.82) is 0 Å². The van der Waals surface area contributed by atoms with Crippen molar-refractivity contribution >= 4 is 17.6 Å². The summed E-state index contributed by atoms with van der Waals surface area (Å²) >= 11 is 5.95. The summed E-state index contributed by atoms with van der Waals surface area (Å²) in [6.07, 6.45) is 2.59. The minimum absolute atomic E-state index is 0.263. The average Bonchev–Trinajstić information content (AvgIpc) is 3.22. The van der Waals surface area contributed by atoms with Gasteiger partial charge in [-0.15, -0.1) is 0 Å². The lowest BCUT2D eigenvalue weighted by Gasteiger charge is -2.14. The molecule has 1 N–H and O–H groups in total. The van der Waals surface area contributed by atoms with Crippen LogP contribution in [0.5, 0.6) is 5.75 Å². The summed E-state index contributed by atoms with van der Waals surface area (Å²) in [7, 11) is 0. The number of nitrogens with zero attached hydrogens (tertiary/aromatic N) is 1. The Balaban J connectivity index is 1.56. The molecule has 1 heterocycles. The summed E-state index contributed by atoms with van der Waals surface area (Å²) in [6, 6.07) is 26.5. The molecule has 0 aliphatic heterocycles. The number of aromatic carboxylic acids is 1. The highest BCUT2D eigenvalue weighted by Crippen LogP contribution is 2.25. The van der Waals surface area contributed by atoms with Gasteiger partial charge in [0.1, 0.15) is 12.4 Å². The standard InChI is InChI=1S/C25H20ClNO3/c26-21-12-10-18(11-13-21)17-30-24-9-2-1-5-19(24)15-23-8-4-14-27(23)22-7-3-6-20(16-22)25(28)29/h1-14,16H,15,17H2,(H,28,29). The van der Waals surface area contributed by atoms with E-state index in [-0.39, 0.29) is 5.56 Å². The van der Waals surface area contributed by atoms with Crippen LogP contribution in [-0.4, -0.2) is 15.6 Å². The van der Waals surface area contributed by atoms with E-state index in [0.29, 0.717) is 18.1 Å². The third kappa shape index (κ3) is 4.56. The third-order valence-electron chi connectivity index (χ3n) is 4.86. The maximum Gasteiger partial charge on any atom is 0.335 e. The van der Waals surface area contributed by atoms with Gasteiger partial charge in [0, 0.05) is 34.6 Å². The van der Waals surface area contributed by atoms with Crippen molar-refractivity contribution in [3.8, 4) is 11.4 Å². The Morgan fingerprint density at radius 1 is 0.933 bits per heavy atom. The third-order valence-corrected chi connectivity index (χ3v) is 5.11. The van der Waals surface area contributed by atoms with Crippen molar-refractivity contribution < 1.29 is 14.6 Å². The molecule has 4 rings (SSSR count). The molecule has 0 saturated heterocycles. The normalized spacial score (nSPS) is 10.7. The van der Waals surface area contributed by atoms with Crippen LogP contribution >= 0.6 is 11.6 Å². The van der Waals surface area contributed by atoms with Crippen molar-refractivity contribution in [2.24, 2.45) is 0 Å². The van der Waals surface area contributed by atoms with Gasteiger partial charge in [0.05, 0.1) is 5.56 Å². The zero-order valence-electron chi connectivity index (χ0n) is 16.2. The summed E-state index contributed by atoms with van der Waals surface area (Å²) in [5.74, 6) is -0.119. The highest BCUT2D eigenvalue weighted by Gasteiger charge is 2.11. The van der Waals surface area contributed by atoms with Gasteiger partial charge in [-0.25, -0.2) is 4.79 Å². The maximum absolute atomic E-state index is 11.3. The fraction of sp³-hybridized carbons (Fsp3) is 0.0800. The topological polar surface area (TPSA) is 51.5 Å². The van der Waals surface area contributed by atoms with Crippen LogP contribution in [0.15, 0.2) is 91.1 Å². The molecule has 30 heavy (non-hydrogen) atoms. The molecule has 0 bridgehead atoms. The van der Waals surface area contributed by atoms with Crippen molar-refractivity contribution in [2.45, 2.75) is 13.0 Å². The lowest BCUT2D eigenvalue weighted by atomic mass is 10.1. The Morgan fingerprint density at radius 3 is 2.53 bits per heavy atom. The van der Waals surface area contributed by atoms with Crippen LogP contribution < -0.4 is 4.74 Å². The Kier molecular flexibility index (Phi) is 5.87. The molecule has 0 spiro atoms. The summed E-state index contributed by atoms with van der Waals surface area (Å²) in [6.45, 7) is 0.454. The molecular weight excluding hydrogens is 398 g/mol. The summed E-state index contributed by atoms with van der Waals surface area (Å²) in [5, 5.41) is 9.98. The number of hydrogen-bond acceptors (Lipinski definition) is 2. The molecule has 4 aromatic rings. The van der Waals surface area contributed by atoms with Crippen LogP contribution in [0.2, 0.25) is 5.02 Å². The number of benzene rings is 3. The fourth-order valence-corrected chi connectivity index (χ4v) is 3.45. The molecule has 0 fully saturated rings. The zero-order chi connectivity index (χ0) is 20.9. The van der Waals surface area contributed by atoms with Gasteiger partial charge in [-0.3, -0.25) is 0 Å². The molecule has 0 aliphatic rings. The molecule has 1 aromatic heterocycles. The van der Waals surface area contributed by atoms with E-state index in [1.165, 1.54) is 0 Å². The van der Waals surface area contributed by atoms with Crippen LogP contribution in [0.25, 0.3) is 5.69 Å².